The van der Waals surface area contributed by atoms with Gasteiger partial charge in [0.25, 0.3) is 5.91 Å². The van der Waals surface area contributed by atoms with E-state index in [0.717, 1.165) is 33.8 Å². The van der Waals surface area contributed by atoms with E-state index in [1.165, 1.54) is 7.11 Å². The van der Waals surface area contributed by atoms with Gasteiger partial charge in [-0.3, -0.25) is 9.69 Å². The molecule has 0 fully saturated rings. The van der Waals surface area contributed by atoms with Crippen molar-refractivity contribution in [3.05, 3.63) is 107 Å². The Labute approximate surface area is 193 Å². The fourth-order valence-electron chi connectivity index (χ4n) is 3.83. The lowest BCUT2D eigenvalue weighted by molar-refractivity contribution is -0.113. The fraction of sp³-hybridized carbons (Fsp3) is 0.143. The normalized spacial score (nSPS) is 14.4. The minimum absolute atomic E-state index is 0.128. The Hall–Kier alpha value is -4.12. The number of amides is 1. The van der Waals surface area contributed by atoms with E-state index in [2.05, 4.69) is 0 Å². The molecule has 1 amide bonds. The number of rotatable bonds is 6. The highest BCUT2D eigenvalue weighted by atomic mass is 16.5. The minimum Gasteiger partial charge on any atom is -0.494 e. The second-order valence-corrected chi connectivity index (χ2v) is 7.63. The van der Waals surface area contributed by atoms with Crippen molar-refractivity contribution >= 4 is 29.3 Å². The molecule has 3 aromatic carbocycles. The van der Waals surface area contributed by atoms with Crippen molar-refractivity contribution in [2.24, 2.45) is 0 Å². The van der Waals surface area contributed by atoms with Crippen molar-refractivity contribution in [1.82, 2.24) is 0 Å². The molecule has 0 unspecified atom stereocenters. The summed E-state index contributed by atoms with van der Waals surface area (Å²) in [5, 5.41) is 0. The summed E-state index contributed by atoms with van der Waals surface area (Å²) in [6, 6.07) is 22.6. The molecule has 0 aliphatic carbocycles. The Kier molecular flexibility index (Phi) is 6.41. The van der Waals surface area contributed by atoms with Crippen molar-refractivity contribution in [3.8, 4) is 5.75 Å². The Morgan fingerprint density at radius 3 is 2.36 bits per heavy atom. The molecule has 166 valence electrons. The number of carbonyl (C=O) groups excluding carboxylic acids is 2. The number of hydrogen-bond donors (Lipinski definition) is 0. The Morgan fingerprint density at radius 2 is 1.73 bits per heavy atom. The third-order valence-corrected chi connectivity index (χ3v) is 5.42. The number of methoxy groups -OCH3 is 1. The van der Waals surface area contributed by atoms with E-state index in [-0.39, 0.29) is 5.91 Å². The van der Waals surface area contributed by atoms with Gasteiger partial charge in [-0.05, 0) is 73.0 Å². The van der Waals surface area contributed by atoms with Crippen molar-refractivity contribution in [2.45, 2.75) is 13.8 Å². The highest BCUT2D eigenvalue weighted by Gasteiger charge is 2.31. The lowest BCUT2D eigenvalue weighted by atomic mass is 10.1. The molecule has 0 saturated carbocycles. The second-order valence-electron chi connectivity index (χ2n) is 7.63. The number of hydrogen-bond acceptors (Lipinski definition) is 4. The zero-order valence-electron chi connectivity index (χ0n) is 18.9. The number of ether oxygens (including phenoxy) is 2. The van der Waals surface area contributed by atoms with Crippen molar-refractivity contribution in [3.63, 3.8) is 0 Å². The van der Waals surface area contributed by atoms with Crippen LogP contribution in [0.1, 0.15) is 34.0 Å². The second kappa shape index (κ2) is 9.57. The van der Waals surface area contributed by atoms with E-state index in [1.807, 2.05) is 80.6 Å². The molecule has 5 nitrogen and oxygen atoms in total. The molecule has 0 spiro atoms. The predicted molar refractivity (Wildman–Crippen MR) is 130 cm³/mol. The van der Waals surface area contributed by atoms with Gasteiger partial charge in [-0.15, -0.1) is 0 Å². The molecular weight excluding hydrogens is 414 g/mol. The van der Waals surface area contributed by atoms with Crippen LogP contribution in [0.5, 0.6) is 5.75 Å². The van der Waals surface area contributed by atoms with Crippen LogP contribution < -0.4 is 9.64 Å². The highest BCUT2D eigenvalue weighted by Crippen LogP contribution is 2.37. The van der Waals surface area contributed by atoms with E-state index in [9.17, 15) is 9.59 Å². The number of aryl methyl sites for hydroxylation is 1. The first-order valence-electron chi connectivity index (χ1n) is 10.8. The van der Waals surface area contributed by atoms with Gasteiger partial charge in [0, 0.05) is 5.57 Å². The first kappa shape index (κ1) is 22.1. The Morgan fingerprint density at radius 1 is 1.00 bits per heavy atom. The smallest absolute Gasteiger partial charge is 0.337 e. The van der Waals surface area contributed by atoms with Gasteiger partial charge in [-0.2, -0.15) is 0 Å². The maximum Gasteiger partial charge on any atom is 0.337 e. The van der Waals surface area contributed by atoms with Gasteiger partial charge in [0.1, 0.15) is 5.75 Å². The largest absolute Gasteiger partial charge is 0.494 e. The zero-order chi connectivity index (χ0) is 23.4. The summed E-state index contributed by atoms with van der Waals surface area (Å²) in [5.41, 5.74) is 5.16. The van der Waals surface area contributed by atoms with E-state index in [0.29, 0.717) is 17.7 Å². The highest BCUT2D eigenvalue weighted by molar-refractivity contribution is 6.23. The zero-order valence-corrected chi connectivity index (χ0v) is 18.9. The van der Waals surface area contributed by atoms with Gasteiger partial charge in [0.05, 0.1) is 30.7 Å². The lowest BCUT2D eigenvalue weighted by Gasteiger charge is -2.23. The molecule has 5 heteroatoms. The topological polar surface area (TPSA) is 55.8 Å². The quantitative estimate of drug-likeness (QED) is 0.368. The van der Waals surface area contributed by atoms with E-state index in [1.54, 1.807) is 23.1 Å². The van der Waals surface area contributed by atoms with Crippen molar-refractivity contribution in [2.75, 3.05) is 18.6 Å². The summed E-state index contributed by atoms with van der Waals surface area (Å²) in [4.78, 5) is 27.2. The number of benzene rings is 3. The molecule has 4 rings (SSSR count). The molecule has 0 bridgehead atoms. The number of nitrogens with zero attached hydrogens (tertiary/aromatic N) is 1. The van der Waals surface area contributed by atoms with Crippen LogP contribution in [0.15, 0.2) is 84.4 Å². The predicted octanol–water partition coefficient (Wildman–Crippen LogP) is 5.65. The number of carbonyl (C=O) groups is 2. The van der Waals surface area contributed by atoms with E-state index < -0.39 is 5.97 Å². The standard InChI is InChI=1S/C28H25NO4/c1-4-33-24-13-10-20(11-14-24)17-23-18-26(21-8-6-5-7-9-21)29(27(23)30)25-15-12-22(16-19(25)2)28(31)32-3/h5-18H,4H2,1-3H3/b23-17+. The molecule has 1 heterocycles. The van der Waals surface area contributed by atoms with Crippen LogP contribution in [-0.2, 0) is 9.53 Å². The molecule has 0 atom stereocenters. The first-order valence-corrected chi connectivity index (χ1v) is 10.8. The Balaban J connectivity index is 1.76. The van der Waals surface area contributed by atoms with Crippen LogP contribution in [0.25, 0.3) is 11.8 Å². The molecule has 1 aliphatic rings. The molecule has 0 N–H and O–H groups in total. The minimum atomic E-state index is -0.410. The van der Waals surface area contributed by atoms with E-state index in [4.69, 9.17) is 9.47 Å². The molecule has 1 aliphatic heterocycles. The molecule has 0 saturated heterocycles. The summed E-state index contributed by atoms with van der Waals surface area (Å²) in [7, 11) is 1.35. The molecule has 33 heavy (non-hydrogen) atoms. The fourth-order valence-corrected chi connectivity index (χ4v) is 3.83. The SMILES string of the molecule is CCOc1ccc(/C=C2\C=C(c3ccccc3)N(c3ccc(C(=O)OC)cc3C)C2=O)cc1. The molecule has 3 aromatic rings. The third kappa shape index (κ3) is 4.58. The maximum absolute atomic E-state index is 13.6. The van der Waals surface area contributed by atoms with Gasteiger partial charge in [-0.25, -0.2) is 4.79 Å². The number of anilines is 1. The molecule has 0 radical (unpaired) electrons. The monoisotopic (exact) mass is 439 g/mol. The van der Waals surface area contributed by atoms with Crippen LogP contribution >= 0.6 is 0 Å². The summed E-state index contributed by atoms with van der Waals surface area (Å²) >= 11 is 0. The van der Waals surface area contributed by atoms with Gasteiger partial charge in [0.2, 0.25) is 0 Å². The van der Waals surface area contributed by atoms with Crippen LogP contribution in [0.4, 0.5) is 5.69 Å². The first-order chi connectivity index (χ1) is 16.0. The molecule has 0 aromatic heterocycles. The number of esters is 1. The van der Waals surface area contributed by atoms with Gasteiger partial charge < -0.3 is 9.47 Å². The van der Waals surface area contributed by atoms with Gasteiger partial charge in [0.15, 0.2) is 0 Å². The van der Waals surface area contributed by atoms with Crippen molar-refractivity contribution in [1.29, 1.82) is 0 Å². The summed E-state index contributed by atoms with van der Waals surface area (Å²) in [6.45, 7) is 4.42. The van der Waals surface area contributed by atoms with Gasteiger partial charge in [-0.1, -0.05) is 42.5 Å². The lowest BCUT2D eigenvalue weighted by Crippen LogP contribution is -2.26. The third-order valence-electron chi connectivity index (χ3n) is 5.42. The van der Waals surface area contributed by atoms with Crippen LogP contribution in [-0.4, -0.2) is 25.6 Å². The summed E-state index contributed by atoms with van der Waals surface area (Å²) in [6.07, 6.45) is 3.78. The average molecular weight is 440 g/mol. The van der Waals surface area contributed by atoms with Crippen LogP contribution in [0.3, 0.4) is 0 Å². The summed E-state index contributed by atoms with van der Waals surface area (Å²) < 4.78 is 10.3. The van der Waals surface area contributed by atoms with Crippen LogP contribution in [0, 0.1) is 6.92 Å². The Bertz CT molecular complexity index is 1240. The van der Waals surface area contributed by atoms with Crippen LogP contribution in [0.2, 0.25) is 0 Å². The average Bonchev–Trinajstić information content (AvgIpc) is 3.16. The van der Waals surface area contributed by atoms with E-state index >= 15 is 0 Å². The maximum atomic E-state index is 13.6. The molecular formula is C28H25NO4. The van der Waals surface area contributed by atoms with Gasteiger partial charge >= 0.3 is 5.97 Å². The summed E-state index contributed by atoms with van der Waals surface area (Å²) in [5.74, 6) is 0.254. The van der Waals surface area contributed by atoms with Crippen molar-refractivity contribution < 1.29 is 19.1 Å².